The maximum absolute atomic E-state index is 5.92. The van der Waals surface area contributed by atoms with Crippen molar-refractivity contribution in [2.75, 3.05) is 6.61 Å². The van der Waals surface area contributed by atoms with Gasteiger partial charge in [0.15, 0.2) is 0 Å². The van der Waals surface area contributed by atoms with Crippen molar-refractivity contribution in [1.82, 2.24) is 20.1 Å². The fourth-order valence-electron chi connectivity index (χ4n) is 3.52. The highest BCUT2D eigenvalue weighted by atomic mass is 16.5. The largest absolute Gasteiger partial charge is 0.493 e. The Labute approximate surface area is 154 Å². The second-order valence-electron chi connectivity index (χ2n) is 6.83. The molecule has 1 atom stereocenters. The Morgan fingerprint density at radius 3 is 2.92 bits per heavy atom. The zero-order valence-electron chi connectivity index (χ0n) is 15.1. The Balaban J connectivity index is 1.52. The first-order valence-electron chi connectivity index (χ1n) is 9.15. The molecule has 0 saturated heterocycles. The summed E-state index contributed by atoms with van der Waals surface area (Å²) in [5, 5.41) is 7.98. The van der Waals surface area contributed by atoms with Gasteiger partial charge in [0.1, 0.15) is 18.4 Å². The standard InChI is InChI=1S/C21H24N4O/c1-16-8-9-21-19(11-16)20(7-4-10-26-21)23-12-17-5-2-3-6-18(17)13-25-15-22-14-24-25/h2-3,5-6,8-9,11,14-15,20,23H,4,7,10,12-13H2,1H3. The summed E-state index contributed by atoms with van der Waals surface area (Å²) in [6.45, 7) is 4.48. The molecule has 5 nitrogen and oxygen atoms in total. The van der Waals surface area contributed by atoms with E-state index in [2.05, 4.69) is 64.8 Å². The number of nitrogens with zero attached hydrogens (tertiary/aromatic N) is 3. The molecule has 0 radical (unpaired) electrons. The third-order valence-corrected chi connectivity index (χ3v) is 4.89. The molecule has 4 rings (SSSR count). The number of fused-ring (bicyclic) bond motifs is 1. The van der Waals surface area contributed by atoms with Gasteiger partial charge in [-0.15, -0.1) is 0 Å². The molecule has 0 amide bonds. The zero-order chi connectivity index (χ0) is 17.8. The van der Waals surface area contributed by atoms with E-state index in [0.717, 1.165) is 38.3 Å². The van der Waals surface area contributed by atoms with E-state index < -0.39 is 0 Å². The predicted molar refractivity (Wildman–Crippen MR) is 101 cm³/mol. The second kappa shape index (κ2) is 7.70. The first-order chi connectivity index (χ1) is 12.8. The van der Waals surface area contributed by atoms with Gasteiger partial charge >= 0.3 is 0 Å². The monoisotopic (exact) mass is 348 g/mol. The van der Waals surface area contributed by atoms with E-state index in [9.17, 15) is 0 Å². The summed E-state index contributed by atoms with van der Waals surface area (Å²) in [6, 6.07) is 15.3. The van der Waals surface area contributed by atoms with Gasteiger partial charge in [-0.1, -0.05) is 42.0 Å². The summed E-state index contributed by atoms with van der Waals surface area (Å²) in [7, 11) is 0. The van der Waals surface area contributed by atoms with Crippen molar-refractivity contribution in [2.45, 2.75) is 38.9 Å². The quantitative estimate of drug-likeness (QED) is 0.765. The van der Waals surface area contributed by atoms with Crippen molar-refractivity contribution in [3.05, 3.63) is 77.4 Å². The molecule has 134 valence electrons. The van der Waals surface area contributed by atoms with Crippen molar-refractivity contribution in [2.24, 2.45) is 0 Å². The SMILES string of the molecule is Cc1ccc2c(c1)C(NCc1ccccc1Cn1cncn1)CCCO2. The molecule has 1 unspecified atom stereocenters. The number of hydrogen-bond acceptors (Lipinski definition) is 4. The molecule has 1 aliphatic rings. The summed E-state index contributed by atoms with van der Waals surface area (Å²) >= 11 is 0. The molecule has 0 fully saturated rings. The number of nitrogens with one attached hydrogen (secondary N) is 1. The van der Waals surface area contributed by atoms with Crippen LogP contribution in [0.2, 0.25) is 0 Å². The molecule has 2 heterocycles. The first-order valence-corrected chi connectivity index (χ1v) is 9.15. The Morgan fingerprint density at radius 1 is 1.19 bits per heavy atom. The number of ether oxygens (including phenoxy) is 1. The minimum Gasteiger partial charge on any atom is -0.493 e. The molecular formula is C21H24N4O. The van der Waals surface area contributed by atoms with Crippen LogP contribution in [0.5, 0.6) is 5.75 Å². The average Bonchev–Trinajstić information content (AvgIpc) is 3.08. The van der Waals surface area contributed by atoms with E-state index in [1.165, 1.54) is 22.3 Å². The molecule has 1 aliphatic heterocycles. The van der Waals surface area contributed by atoms with Crippen molar-refractivity contribution in [3.63, 3.8) is 0 Å². The summed E-state index contributed by atoms with van der Waals surface area (Å²) in [6.07, 6.45) is 5.48. The third-order valence-electron chi connectivity index (χ3n) is 4.89. The van der Waals surface area contributed by atoms with E-state index in [0.29, 0.717) is 6.04 Å². The molecular weight excluding hydrogens is 324 g/mol. The fourth-order valence-corrected chi connectivity index (χ4v) is 3.52. The van der Waals surface area contributed by atoms with E-state index >= 15 is 0 Å². The van der Waals surface area contributed by atoms with Crippen LogP contribution in [0.3, 0.4) is 0 Å². The Bertz CT molecular complexity index is 860. The Morgan fingerprint density at radius 2 is 2.08 bits per heavy atom. The molecule has 1 aromatic heterocycles. The maximum Gasteiger partial charge on any atom is 0.137 e. The summed E-state index contributed by atoms with van der Waals surface area (Å²) < 4.78 is 7.78. The van der Waals surface area contributed by atoms with Gasteiger partial charge in [0, 0.05) is 18.2 Å². The van der Waals surface area contributed by atoms with Crippen LogP contribution in [0.4, 0.5) is 0 Å². The third kappa shape index (κ3) is 3.78. The van der Waals surface area contributed by atoms with Crippen LogP contribution in [0.25, 0.3) is 0 Å². The number of rotatable bonds is 5. The number of aromatic nitrogens is 3. The van der Waals surface area contributed by atoms with Gasteiger partial charge in [0.25, 0.3) is 0 Å². The van der Waals surface area contributed by atoms with Crippen LogP contribution in [0.15, 0.2) is 55.1 Å². The number of hydrogen-bond donors (Lipinski definition) is 1. The summed E-state index contributed by atoms with van der Waals surface area (Å²) in [4.78, 5) is 4.03. The van der Waals surface area contributed by atoms with Crippen LogP contribution >= 0.6 is 0 Å². The highest BCUT2D eigenvalue weighted by molar-refractivity contribution is 5.40. The van der Waals surface area contributed by atoms with Crippen LogP contribution in [-0.2, 0) is 13.1 Å². The summed E-state index contributed by atoms with van der Waals surface area (Å²) in [5.41, 5.74) is 5.10. The maximum atomic E-state index is 5.92. The normalized spacial score (nSPS) is 16.6. The van der Waals surface area contributed by atoms with Crippen molar-refractivity contribution in [3.8, 4) is 5.75 Å². The van der Waals surface area contributed by atoms with Crippen LogP contribution in [0, 0.1) is 6.92 Å². The molecule has 0 spiro atoms. The molecule has 3 aromatic rings. The van der Waals surface area contributed by atoms with Gasteiger partial charge in [0.2, 0.25) is 0 Å². The van der Waals surface area contributed by atoms with Crippen LogP contribution in [-0.4, -0.2) is 21.4 Å². The summed E-state index contributed by atoms with van der Waals surface area (Å²) in [5.74, 6) is 1.02. The number of aryl methyl sites for hydroxylation is 1. The molecule has 0 bridgehead atoms. The van der Waals surface area contributed by atoms with E-state index in [-0.39, 0.29) is 0 Å². The Hall–Kier alpha value is -2.66. The lowest BCUT2D eigenvalue weighted by molar-refractivity contribution is 0.315. The lowest BCUT2D eigenvalue weighted by atomic mass is 9.99. The van der Waals surface area contributed by atoms with E-state index in [1.54, 1.807) is 12.7 Å². The van der Waals surface area contributed by atoms with Crippen LogP contribution < -0.4 is 10.1 Å². The fraction of sp³-hybridized carbons (Fsp3) is 0.333. The minimum absolute atomic E-state index is 0.312. The van der Waals surface area contributed by atoms with Gasteiger partial charge in [-0.25, -0.2) is 9.67 Å². The van der Waals surface area contributed by atoms with E-state index in [4.69, 9.17) is 4.74 Å². The molecule has 2 aromatic carbocycles. The average molecular weight is 348 g/mol. The smallest absolute Gasteiger partial charge is 0.137 e. The highest BCUT2D eigenvalue weighted by Crippen LogP contribution is 2.32. The van der Waals surface area contributed by atoms with Crippen molar-refractivity contribution in [1.29, 1.82) is 0 Å². The topological polar surface area (TPSA) is 52.0 Å². The van der Waals surface area contributed by atoms with Gasteiger partial charge in [-0.3, -0.25) is 0 Å². The number of benzene rings is 2. The van der Waals surface area contributed by atoms with Gasteiger partial charge in [-0.05, 0) is 37.0 Å². The molecule has 0 aliphatic carbocycles. The van der Waals surface area contributed by atoms with Gasteiger partial charge in [-0.2, -0.15) is 5.10 Å². The second-order valence-corrected chi connectivity index (χ2v) is 6.83. The van der Waals surface area contributed by atoms with E-state index in [1.807, 2.05) is 4.68 Å². The molecule has 26 heavy (non-hydrogen) atoms. The lowest BCUT2D eigenvalue weighted by Crippen LogP contribution is -2.21. The lowest BCUT2D eigenvalue weighted by Gasteiger charge is -2.20. The Kier molecular flexibility index (Phi) is 4.97. The van der Waals surface area contributed by atoms with Gasteiger partial charge in [0.05, 0.1) is 13.2 Å². The van der Waals surface area contributed by atoms with Crippen molar-refractivity contribution < 1.29 is 4.74 Å². The van der Waals surface area contributed by atoms with Crippen molar-refractivity contribution >= 4 is 0 Å². The highest BCUT2D eigenvalue weighted by Gasteiger charge is 2.19. The minimum atomic E-state index is 0.312. The molecule has 1 N–H and O–H groups in total. The molecule has 5 heteroatoms. The van der Waals surface area contributed by atoms with Crippen LogP contribution in [0.1, 0.15) is 41.1 Å². The zero-order valence-corrected chi connectivity index (χ0v) is 15.1. The molecule has 0 saturated carbocycles. The first kappa shape index (κ1) is 16.8. The predicted octanol–water partition coefficient (Wildman–Crippen LogP) is 3.64. The van der Waals surface area contributed by atoms with Gasteiger partial charge < -0.3 is 10.1 Å².